The fourth-order valence-electron chi connectivity index (χ4n) is 2.42. The highest BCUT2D eigenvalue weighted by molar-refractivity contribution is 5.85. The molecule has 8 nitrogen and oxygen atoms in total. The third-order valence-corrected chi connectivity index (χ3v) is 3.63. The standard InChI is InChI=1S/C15H17N5O3/c1-10(17-12(21)9-20-8-2-3-13(20)22)15-18-14(19-23-15)11-4-6-16-7-5-11/h4-7,10H,2-3,8-9H2,1H3,(H,17,21)/t10-/m1/s1. The van der Waals surface area contributed by atoms with Gasteiger partial charge in [0.25, 0.3) is 0 Å². The van der Waals surface area contributed by atoms with Crippen LogP contribution in [-0.4, -0.2) is 44.9 Å². The van der Waals surface area contributed by atoms with E-state index < -0.39 is 6.04 Å². The third-order valence-electron chi connectivity index (χ3n) is 3.63. The highest BCUT2D eigenvalue weighted by Gasteiger charge is 2.24. The second kappa shape index (κ2) is 6.55. The number of hydrogen-bond donors (Lipinski definition) is 1. The summed E-state index contributed by atoms with van der Waals surface area (Å²) < 4.78 is 5.20. The molecule has 2 amide bonds. The molecule has 1 atom stereocenters. The number of rotatable bonds is 5. The molecule has 1 fully saturated rings. The first-order valence-electron chi connectivity index (χ1n) is 7.44. The van der Waals surface area contributed by atoms with Gasteiger partial charge in [0, 0.05) is 30.9 Å². The lowest BCUT2D eigenvalue weighted by Gasteiger charge is -2.16. The summed E-state index contributed by atoms with van der Waals surface area (Å²) in [6, 6.07) is 3.12. The van der Waals surface area contributed by atoms with Crippen LogP contribution in [0.15, 0.2) is 29.0 Å². The Morgan fingerprint density at radius 1 is 1.43 bits per heavy atom. The molecular weight excluding hydrogens is 298 g/mol. The summed E-state index contributed by atoms with van der Waals surface area (Å²) in [5, 5.41) is 6.67. The molecule has 1 aliphatic rings. The number of pyridine rings is 1. The zero-order chi connectivity index (χ0) is 16.2. The van der Waals surface area contributed by atoms with E-state index in [1.807, 2.05) is 0 Å². The fraction of sp³-hybridized carbons (Fsp3) is 0.400. The summed E-state index contributed by atoms with van der Waals surface area (Å²) in [5.74, 6) is 0.540. The molecule has 0 saturated carbocycles. The summed E-state index contributed by atoms with van der Waals surface area (Å²) >= 11 is 0. The van der Waals surface area contributed by atoms with Crippen LogP contribution in [-0.2, 0) is 9.59 Å². The van der Waals surface area contributed by atoms with Crippen molar-refractivity contribution in [2.75, 3.05) is 13.1 Å². The molecule has 8 heteroatoms. The van der Waals surface area contributed by atoms with Crippen molar-refractivity contribution in [3.63, 3.8) is 0 Å². The van der Waals surface area contributed by atoms with E-state index >= 15 is 0 Å². The molecule has 120 valence electrons. The highest BCUT2D eigenvalue weighted by Crippen LogP contribution is 2.17. The molecule has 0 spiro atoms. The van der Waals surface area contributed by atoms with Crippen molar-refractivity contribution in [1.29, 1.82) is 0 Å². The van der Waals surface area contributed by atoms with Gasteiger partial charge in [-0.25, -0.2) is 0 Å². The van der Waals surface area contributed by atoms with Crippen LogP contribution in [0.4, 0.5) is 0 Å². The molecule has 0 aromatic carbocycles. The van der Waals surface area contributed by atoms with Gasteiger partial charge in [0.15, 0.2) is 0 Å². The van der Waals surface area contributed by atoms with Crippen LogP contribution < -0.4 is 5.32 Å². The SMILES string of the molecule is C[C@@H](NC(=O)CN1CCCC1=O)c1nc(-c2ccncc2)no1. The fourth-order valence-corrected chi connectivity index (χ4v) is 2.42. The van der Waals surface area contributed by atoms with Gasteiger partial charge in [-0.15, -0.1) is 0 Å². The Labute approximate surface area is 132 Å². The summed E-state index contributed by atoms with van der Waals surface area (Å²) in [4.78, 5) is 33.3. The van der Waals surface area contributed by atoms with Gasteiger partial charge in [-0.05, 0) is 25.5 Å². The van der Waals surface area contributed by atoms with Crippen molar-refractivity contribution in [1.82, 2.24) is 25.3 Å². The molecule has 1 N–H and O–H groups in total. The van der Waals surface area contributed by atoms with E-state index in [4.69, 9.17) is 4.52 Å². The van der Waals surface area contributed by atoms with Gasteiger partial charge in [0.05, 0.1) is 6.54 Å². The second-order valence-electron chi connectivity index (χ2n) is 5.40. The molecular formula is C15H17N5O3. The van der Waals surface area contributed by atoms with Crippen LogP contribution in [0.2, 0.25) is 0 Å². The first-order valence-corrected chi connectivity index (χ1v) is 7.44. The molecule has 23 heavy (non-hydrogen) atoms. The van der Waals surface area contributed by atoms with Crippen LogP contribution in [0, 0.1) is 0 Å². The Morgan fingerprint density at radius 3 is 2.91 bits per heavy atom. The Balaban J connectivity index is 1.60. The van der Waals surface area contributed by atoms with Gasteiger partial charge in [-0.2, -0.15) is 4.98 Å². The molecule has 1 saturated heterocycles. The number of hydrogen-bond acceptors (Lipinski definition) is 6. The minimum absolute atomic E-state index is 0.0190. The van der Waals surface area contributed by atoms with E-state index in [2.05, 4.69) is 20.4 Å². The summed E-state index contributed by atoms with van der Waals surface area (Å²) in [7, 11) is 0. The zero-order valence-electron chi connectivity index (χ0n) is 12.7. The topological polar surface area (TPSA) is 101 Å². The largest absolute Gasteiger partial charge is 0.343 e. The van der Waals surface area contributed by atoms with Gasteiger partial charge in [0.2, 0.25) is 23.5 Å². The number of carbonyl (C=O) groups excluding carboxylic acids is 2. The summed E-state index contributed by atoms with van der Waals surface area (Å²) in [6.45, 7) is 2.45. The lowest BCUT2D eigenvalue weighted by atomic mass is 10.2. The first kappa shape index (κ1) is 15.1. The Bertz CT molecular complexity index is 700. The van der Waals surface area contributed by atoms with E-state index in [9.17, 15) is 9.59 Å². The number of nitrogens with zero attached hydrogens (tertiary/aromatic N) is 4. The summed E-state index contributed by atoms with van der Waals surface area (Å²) in [5.41, 5.74) is 0.788. The zero-order valence-corrected chi connectivity index (χ0v) is 12.7. The van der Waals surface area contributed by atoms with Crippen molar-refractivity contribution in [2.24, 2.45) is 0 Å². The van der Waals surface area contributed by atoms with E-state index in [0.717, 1.165) is 12.0 Å². The Hall–Kier alpha value is -2.77. The van der Waals surface area contributed by atoms with Crippen molar-refractivity contribution in [2.45, 2.75) is 25.8 Å². The molecule has 3 heterocycles. The van der Waals surface area contributed by atoms with Crippen LogP contribution in [0.1, 0.15) is 31.7 Å². The number of likely N-dealkylation sites (tertiary alicyclic amines) is 1. The van der Waals surface area contributed by atoms with Gasteiger partial charge in [0.1, 0.15) is 6.04 Å². The van der Waals surface area contributed by atoms with Crippen molar-refractivity contribution in [3.8, 4) is 11.4 Å². The Morgan fingerprint density at radius 2 is 2.22 bits per heavy atom. The molecule has 0 bridgehead atoms. The quantitative estimate of drug-likeness (QED) is 0.881. The lowest BCUT2D eigenvalue weighted by Crippen LogP contribution is -2.38. The molecule has 2 aromatic heterocycles. The molecule has 0 aliphatic carbocycles. The van der Waals surface area contributed by atoms with Crippen LogP contribution >= 0.6 is 0 Å². The number of aromatic nitrogens is 3. The normalized spacial score (nSPS) is 15.7. The van der Waals surface area contributed by atoms with E-state index in [1.165, 1.54) is 0 Å². The van der Waals surface area contributed by atoms with Crippen LogP contribution in [0.25, 0.3) is 11.4 Å². The second-order valence-corrected chi connectivity index (χ2v) is 5.40. The van der Waals surface area contributed by atoms with Crippen molar-refractivity contribution < 1.29 is 14.1 Å². The van der Waals surface area contributed by atoms with Gasteiger partial charge < -0.3 is 14.7 Å². The number of carbonyl (C=O) groups is 2. The van der Waals surface area contributed by atoms with Crippen LogP contribution in [0.5, 0.6) is 0 Å². The average Bonchev–Trinajstić information content (AvgIpc) is 3.18. The smallest absolute Gasteiger partial charge is 0.249 e. The van der Waals surface area contributed by atoms with E-state index in [1.54, 1.807) is 36.4 Å². The van der Waals surface area contributed by atoms with Crippen LogP contribution in [0.3, 0.4) is 0 Å². The number of nitrogens with one attached hydrogen (secondary N) is 1. The number of amides is 2. The average molecular weight is 315 g/mol. The lowest BCUT2D eigenvalue weighted by molar-refractivity contribution is -0.133. The monoisotopic (exact) mass is 315 g/mol. The molecule has 1 aliphatic heterocycles. The predicted octanol–water partition coefficient (Wildman–Crippen LogP) is 0.931. The van der Waals surface area contributed by atoms with Gasteiger partial charge in [-0.3, -0.25) is 14.6 Å². The molecule has 0 radical (unpaired) electrons. The third kappa shape index (κ3) is 3.53. The minimum atomic E-state index is -0.428. The maximum atomic E-state index is 12.0. The highest BCUT2D eigenvalue weighted by atomic mass is 16.5. The van der Waals surface area contributed by atoms with Gasteiger partial charge in [-0.1, -0.05) is 5.16 Å². The molecule has 3 rings (SSSR count). The predicted molar refractivity (Wildman–Crippen MR) is 79.9 cm³/mol. The van der Waals surface area contributed by atoms with Gasteiger partial charge >= 0.3 is 0 Å². The minimum Gasteiger partial charge on any atom is -0.343 e. The Kier molecular flexibility index (Phi) is 4.31. The maximum Gasteiger partial charge on any atom is 0.249 e. The van der Waals surface area contributed by atoms with Crippen molar-refractivity contribution in [3.05, 3.63) is 30.4 Å². The van der Waals surface area contributed by atoms with Crippen molar-refractivity contribution >= 4 is 11.8 Å². The maximum absolute atomic E-state index is 12.0. The summed E-state index contributed by atoms with van der Waals surface area (Å²) in [6.07, 6.45) is 4.61. The van der Waals surface area contributed by atoms with E-state index in [0.29, 0.717) is 24.7 Å². The first-order chi connectivity index (χ1) is 11.1. The molecule has 0 unspecified atom stereocenters. The molecule has 2 aromatic rings. The van der Waals surface area contributed by atoms with E-state index in [-0.39, 0.29) is 18.4 Å².